The lowest BCUT2D eigenvalue weighted by Crippen LogP contribution is -2.80. The molecule has 2 N–H and O–H groups in total. The molecule has 266 valence electrons. The Kier molecular flexibility index (Phi) is 7.62. The maximum atomic E-state index is 6.46. The van der Waals surface area contributed by atoms with Crippen molar-refractivity contribution < 1.29 is 9.41 Å². The third kappa shape index (κ3) is 5.47. The highest BCUT2D eigenvalue weighted by atomic mass is 16.3. The molecule has 0 saturated carbocycles. The van der Waals surface area contributed by atoms with Crippen LogP contribution in [0.3, 0.4) is 0 Å². The summed E-state index contributed by atoms with van der Waals surface area (Å²) in [6, 6.07) is 58.2. The molecular weight excluding hydrogens is 685 g/mol. The van der Waals surface area contributed by atoms with Crippen LogP contribution >= 0.6 is 0 Å². The molecule has 11 rings (SSSR count). The Morgan fingerprint density at radius 3 is 2.29 bits per heavy atom. The van der Waals surface area contributed by atoms with Crippen LogP contribution in [0.1, 0.15) is 30.1 Å². The molecule has 0 bridgehead atoms. The van der Waals surface area contributed by atoms with Gasteiger partial charge in [0, 0.05) is 49.5 Å². The quantitative estimate of drug-likeness (QED) is 0.180. The van der Waals surface area contributed by atoms with Gasteiger partial charge in [0.05, 0.1) is 11.0 Å². The summed E-state index contributed by atoms with van der Waals surface area (Å²) in [5.41, 5.74) is 13.2. The summed E-state index contributed by atoms with van der Waals surface area (Å²) in [5.74, 6) is 1.86. The first kappa shape index (κ1) is 32.2. The van der Waals surface area contributed by atoms with E-state index in [2.05, 4.69) is 185 Å². The molecule has 0 saturated heterocycles. The van der Waals surface area contributed by atoms with Crippen LogP contribution in [0.2, 0.25) is 0 Å². The molecule has 5 nitrogen and oxygen atoms in total. The van der Waals surface area contributed by atoms with E-state index in [0.717, 1.165) is 91.0 Å². The monoisotopic (exact) mass is 721 g/mol. The van der Waals surface area contributed by atoms with Gasteiger partial charge in [-0.05, 0) is 78.1 Å². The lowest BCUT2D eigenvalue weighted by Gasteiger charge is -2.19. The summed E-state index contributed by atoms with van der Waals surface area (Å²) >= 11 is 0. The number of hydrogen-bond donors (Lipinski definition) is 2. The van der Waals surface area contributed by atoms with Crippen molar-refractivity contribution >= 4 is 55.4 Å². The molecular formula is C51H37N4O+. The van der Waals surface area contributed by atoms with Gasteiger partial charge in [0.25, 0.3) is 5.84 Å². The highest BCUT2D eigenvalue weighted by Gasteiger charge is 2.28. The number of fused-ring (bicyclic) bond motifs is 6. The Morgan fingerprint density at radius 1 is 0.607 bits per heavy atom. The van der Waals surface area contributed by atoms with E-state index in [4.69, 9.17) is 9.41 Å². The second kappa shape index (κ2) is 13.3. The predicted molar refractivity (Wildman–Crippen MR) is 230 cm³/mol. The van der Waals surface area contributed by atoms with Gasteiger partial charge in [0.15, 0.2) is 0 Å². The molecule has 2 aromatic heterocycles. The lowest BCUT2D eigenvalue weighted by molar-refractivity contribution is -0.511. The van der Waals surface area contributed by atoms with E-state index in [9.17, 15) is 0 Å². The van der Waals surface area contributed by atoms with Gasteiger partial charge in [-0.3, -0.25) is 0 Å². The largest absolute Gasteiger partial charge is 0.455 e. The SMILES string of the molecule is C1=CCCC(C2=[NH+]C(c3cccc(-n4c5ccccc5c5cc(-c6cccc7c6oc6ccccc67)ccc54)c3)N=C(c3cccc(-c4ccccc4)c3)N2)=C1. The van der Waals surface area contributed by atoms with Crippen molar-refractivity contribution in [2.24, 2.45) is 4.99 Å². The normalized spacial score (nSPS) is 15.6. The third-order valence-electron chi connectivity index (χ3n) is 11.2. The van der Waals surface area contributed by atoms with Crippen LogP contribution in [0.15, 0.2) is 197 Å². The van der Waals surface area contributed by atoms with Crippen LogP contribution in [0.5, 0.6) is 0 Å². The number of benzene rings is 7. The van der Waals surface area contributed by atoms with Crippen LogP contribution in [-0.4, -0.2) is 16.2 Å². The third-order valence-corrected chi connectivity index (χ3v) is 11.2. The summed E-state index contributed by atoms with van der Waals surface area (Å²) < 4.78 is 8.84. The molecule has 1 aliphatic heterocycles. The van der Waals surface area contributed by atoms with Gasteiger partial charge >= 0.3 is 0 Å². The number of hydrogen-bond acceptors (Lipinski definition) is 3. The van der Waals surface area contributed by atoms with Gasteiger partial charge in [-0.25, -0.2) is 10.3 Å². The molecule has 7 aromatic carbocycles. The highest BCUT2D eigenvalue weighted by molar-refractivity contribution is 6.15. The van der Waals surface area contributed by atoms with Gasteiger partial charge in [-0.1, -0.05) is 133 Å². The molecule has 5 heteroatoms. The van der Waals surface area contributed by atoms with Gasteiger partial charge in [-0.15, -0.1) is 0 Å². The van der Waals surface area contributed by atoms with Gasteiger partial charge in [0.2, 0.25) is 12.0 Å². The molecule has 0 fully saturated rings. The molecule has 0 amide bonds. The Hall–Kier alpha value is -7.24. The van der Waals surface area contributed by atoms with E-state index in [1.54, 1.807) is 0 Å². The van der Waals surface area contributed by atoms with Crippen molar-refractivity contribution in [2.75, 3.05) is 0 Å². The Morgan fingerprint density at radius 2 is 1.38 bits per heavy atom. The van der Waals surface area contributed by atoms with Crippen molar-refractivity contribution in [3.8, 4) is 27.9 Å². The van der Waals surface area contributed by atoms with Gasteiger partial charge in [-0.2, -0.15) is 4.99 Å². The fourth-order valence-electron chi connectivity index (χ4n) is 8.48. The van der Waals surface area contributed by atoms with Gasteiger partial charge in [0.1, 0.15) is 11.2 Å². The van der Waals surface area contributed by atoms with E-state index in [1.165, 1.54) is 21.9 Å². The summed E-state index contributed by atoms with van der Waals surface area (Å²) in [6.07, 6.45) is 8.26. The fourth-order valence-corrected chi connectivity index (χ4v) is 8.48. The summed E-state index contributed by atoms with van der Waals surface area (Å²) in [5, 5.41) is 8.36. The first-order valence-electron chi connectivity index (χ1n) is 19.3. The number of amidine groups is 2. The van der Waals surface area contributed by atoms with Crippen LogP contribution in [0.4, 0.5) is 0 Å². The van der Waals surface area contributed by atoms with E-state index in [0.29, 0.717) is 0 Å². The molecule has 1 aliphatic carbocycles. The van der Waals surface area contributed by atoms with E-state index < -0.39 is 0 Å². The lowest BCUT2D eigenvalue weighted by atomic mass is 10.0. The molecule has 0 radical (unpaired) electrons. The van der Waals surface area contributed by atoms with Crippen LogP contribution in [0.25, 0.3) is 71.7 Å². The summed E-state index contributed by atoms with van der Waals surface area (Å²) in [4.78, 5) is 9.12. The van der Waals surface area contributed by atoms with Crippen molar-refractivity contribution in [2.45, 2.75) is 19.0 Å². The molecule has 2 aliphatic rings. The molecule has 0 spiro atoms. The zero-order valence-electron chi connectivity index (χ0n) is 30.6. The van der Waals surface area contributed by atoms with Crippen molar-refractivity contribution in [3.05, 3.63) is 199 Å². The number of rotatable bonds is 6. The van der Waals surface area contributed by atoms with Crippen LogP contribution in [0, 0.1) is 0 Å². The standard InChI is InChI=1S/C51H36N4O/c1-3-14-33(15-4-1)35-18-11-19-37(30-35)50-52-49(34-16-5-2-6-17-34)53-51(54-50)38-20-12-21-39(31-38)55-45-26-9-7-22-41(45)44-32-36(28-29-46(44)55)40-24-13-25-43-42-23-8-10-27-47(42)56-48(40)43/h1-5,7-16,18-32,51H,6,17H2,(H,52,53,54)/p+1. The number of aliphatic imine (C=N–C) groups is 1. The number of nitrogens with zero attached hydrogens (tertiary/aromatic N) is 2. The fraction of sp³-hybridized carbons (Fsp3) is 0.0588. The number of allylic oxidation sites excluding steroid dienone is 3. The Balaban J connectivity index is 1.03. The smallest absolute Gasteiger partial charge is 0.279 e. The second-order valence-corrected chi connectivity index (χ2v) is 14.6. The molecule has 1 unspecified atom stereocenters. The maximum absolute atomic E-state index is 6.46. The minimum Gasteiger partial charge on any atom is -0.455 e. The summed E-state index contributed by atoms with van der Waals surface area (Å²) in [7, 11) is 0. The van der Waals surface area contributed by atoms with E-state index >= 15 is 0 Å². The topological polar surface area (TPSA) is 56.4 Å². The summed E-state index contributed by atoms with van der Waals surface area (Å²) in [6.45, 7) is 0. The van der Waals surface area contributed by atoms with E-state index in [-0.39, 0.29) is 6.17 Å². The van der Waals surface area contributed by atoms with Crippen LogP contribution < -0.4 is 10.3 Å². The highest BCUT2D eigenvalue weighted by Crippen LogP contribution is 2.39. The average Bonchev–Trinajstić information content (AvgIpc) is 3.83. The molecule has 9 aromatic rings. The van der Waals surface area contributed by atoms with Gasteiger partial charge < -0.3 is 8.98 Å². The number of aromatic nitrogens is 1. The minimum absolute atomic E-state index is 0.294. The van der Waals surface area contributed by atoms with Crippen LogP contribution in [-0.2, 0) is 0 Å². The first-order valence-corrected chi connectivity index (χ1v) is 19.3. The maximum Gasteiger partial charge on any atom is 0.279 e. The molecule has 1 atom stereocenters. The first-order chi connectivity index (χ1) is 27.7. The molecule has 56 heavy (non-hydrogen) atoms. The van der Waals surface area contributed by atoms with Crippen molar-refractivity contribution in [3.63, 3.8) is 0 Å². The van der Waals surface area contributed by atoms with E-state index in [1.807, 2.05) is 12.1 Å². The zero-order chi connectivity index (χ0) is 37.0. The Bertz CT molecular complexity index is 3120. The minimum atomic E-state index is -0.294. The van der Waals surface area contributed by atoms with Crippen molar-refractivity contribution in [1.29, 1.82) is 0 Å². The zero-order valence-corrected chi connectivity index (χ0v) is 30.6. The number of furan rings is 1. The Labute approximate surface area is 324 Å². The average molecular weight is 722 g/mol. The number of para-hydroxylation sites is 3. The molecule has 3 heterocycles. The second-order valence-electron chi connectivity index (χ2n) is 14.6. The number of nitrogens with one attached hydrogen (secondary N) is 2. The van der Waals surface area contributed by atoms with Crippen molar-refractivity contribution in [1.82, 2.24) is 9.88 Å². The predicted octanol–water partition coefficient (Wildman–Crippen LogP) is 10.8.